The van der Waals surface area contributed by atoms with Crippen LogP contribution in [-0.4, -0.2) is 45.7 Å². The van der Waals surface area contributed by atoms with E-state index < -0.39 is 22.7 Å². The summed E-state index contributed by atoms with van der Waals surface area (Å²) in [6, 6.07) is 8.65. The highest BCUT2D eigenvalue weighted by Gasteiger charge is 2.24. The van der Waals surface area contributed by atoms with Crippen LogP contribution in [0.5, 0.6) is 0 Å². The lowest BCUT2D eigenvalue weighted by atomic mass is 10.1. The lowest BCUT2D eigenvalue weighted by Gasteiger charge is -2.17. The molecule has 4 rings (SSSR count). The van der Waals surface area contributed by atoms with Crippen LogP contribution >= 0.6 is 11.6 Å². The van der Waals surface area contributed by atoms with Gasteiger partial charge in [0.1, 0.15) is 10.7 Å². The first-order valence-electron chi connectivity index (χ1n) is 9.73. The molecule has 1 unspecified atom stereocenters. The van der Waals surface area contributed by atoms with E-state index >= 15 is 0 Å². The molecule has 2 aromatic heterocycles. The van der Waals surface area contributed by atoms with Crippen LogP contribution in [0.15, 0.2) is 53.7 Å². The van der Waals surface area contributed by atoms with Gasteiger partial charge >= 0.3 is 0 Å². The second-order valence-corrected chi connectivity index (χ2v) is 9.58. The summed E-state index contributed by atoms with van der Waals surface area (Å²) in [6.07, 6.45) is 3.23. The molecule has 11 heteroatoms. The second-order valence-electron chi connectivity index (χ2n) is 7.49. The Labute approximate surface area is 189 Å². The van der Waals surface area contributed by atoms with E-state index in [2.05, 4.69) is 14.9 Å². The van der Waals surface area contributed by atoms with Crippen molar-refractivity contribution in [1.29, 1.82) is 0 Å². The second kappa shape index (κ2) is 8.62. The maximum atomic E-state index is 13.2. The van der Waals surface area contributed by atoms with Crippen molar-refractivity contribution in [2.24, 2.45) is 7.05 Å². The topological polar surface area (TPSA) is 102 Å². The molecule has 2 aromatic carbocycles. The number of aryl methyl sites for hydroxylation is 2. The van der Waals surface area contributed by atoms with Gasteiger partial charge in [-0.15, -0.1) is 0 Å². The Morgan fingerprint density at radius 3 is 2.59 bits per heavy atom. The summed E-state index contributed by atoms with van der Waals surface area (Å²) in [5.74, 6) is -0.343. The predicted molar refractivity (Wildman–Crippen MR) is 119 cm³/mol. The largest absolute Gasteiger partial charge is 0.395 e. The van der Waals surface area contributed by atoms with E-state index in [-0.39, 0.29) is 17.1 Å². The number of fused-ring (bicyclic) bond motifs is 1. The third-order valence-corrected chi connectivity index (χ3v) is 7.05. The van der Waals surface area contributed by atoms with Crippen molar-refractivity contribution in [2.45, 2.75) is 24.3 Å². The number of rotatable bonds is 7. The average molecular weight is 478 g/mol. The summed E-state index contributed by atoms with van der Waals surface area (Å²) in [5, 5.41) is 19.4. The summed E-state index contributed by atoms with van der Waals surface area (Å²) >= 11 is 6.49. The monoisotopic (exact) mass is 477 g/mol. The van der Waals surface area contributed by atoms with E-state index in [9.17, 15) is 17.9 Å². The summed E-state index contributed by atoms with van der Waals surface area (Å²) < 4.78 is 44.3. The minimum atomic E-state index is -3.88. The Morgan fingerprint density at radius 1 is 1.25 bits per heavy atom. The third-order valence-electron chi connectivity index (χ3n) is 5.07. The summed E-state index contributed by atoms with van der Waals surface area (Å²) in [4.78, 5) is 0.0561. The van der Waals surface area contributed by atoms with Crippen molar-refractivity contribution in [3.05, 3.63) is 70.9 Å². The lowest BCUT2D eigenvalue weighted by Crippen LogP contribution is -2.39. The zero-order valence-corrected chi connectivity index (χ0v) is 18.9. The molecular weight excluding hydrogens is 457 g/mol. The van der Waals surface area contributed by atoms with Gasteiger partial charge in [0.25, 0.3) is 0 Å². The normalized spacial score (nSPS) is 13.0. The molecule has 32 heavy (non-hydrogen) atoms. The van der Waals surface area contributed by atoms with E-state index in [1.54, 1.807) is 49.1 Å². The average Bonchev–Trinajstić information content (AvgIpc) is 3.30. The van der Waals surface area contributed by atoms with E-state index in [4.69, 9.17) is 11.6 Å². The number of aliphatic hydroxyl groups excluding tert-OH is 1. The molecule has 2 N–H and O–H groups in total. The van der Waals surface area contributed by atoms with Gasteiger partial charge in [0.05, 0.1) is 29.7 Å². The van der Waals surface area contributed by atoms with Gasteiger partial charge in [0, 0.05) is 29.7 Å². The first-order valence-corrected chi connectivity index (χ1v) is 11.6. The molecular formula is C21H21ClFN5O3S. The molecule has 0 amide bonds. The standard InChI is InChI=1S/C21H21ClFN5O3S/c1-13-21(11-27(2)25-13)32(30,31)26-17(12-29)8-14-7-15-10-24-28(20(15)9-19(14)22)18-5-3-16(23)4-6-18/h3-7,9-11,17,26,29H,8,12H2,1-2H3. The molecule has 1 atom stereocenters. The van der Waals surface area contributed by atoms with Crippen molar-refractivity contribution in [3.63, 3.8) is 0 Å². The van der Waals surface area contributed by atoms with Crippen molar-refractivity contribution >= 4 is 32.5 Å². The van der Waals surface area contributed by atoms with E-state index in [1.807, 2.05) is 0 Å². The number of aliphatic hydroxyl groups is 1. The number of hydrogen-bond acceptors (Lipinski definition) is 5. The van der Waals surface area contributed by atoms with Crippen LogP contribution in [0.4, 0.5) is 4.39 Å². The molecule has 0 saturated heterocycles. The van der Waals surface area contributed by atoms with Gasteiger partial charge in [-0.3, -0.25) is 4.68 Å². The van der Waals surface area contributed by atoms with Gasteiger partial charge in [-0.05, 0) is 55.3 Å². The molecule has 0 aliphatic heterocycles. The van der Waals surface area contributed by atoms with Crippen molar-refractivity contribution in [2.75, 3.05) is 6.61 Å². The summed E-state index contributed by atoms with van der Waals surface area (Å²) in [7, 11) is -2.24. The molecule has 0 spiro atoms. The molecule has 0 aliphatic rings. The molecule has 0 saturated carbocycles. The third kappa shape index (κ3) is 4.40. The Kier molecular flexibility index (Phi) is 6.04. The Morgan fingerprint density at radius 2 is 1.97 bits per heavy atom. The van der Waals surface area contributed by atoms with Gasteiger partial charge < -0.3 is 5.11 Å². The Hall–Kier alpha value is -2.79. The Bertz CT molecular complexity index is 1380. The van der Waals surface area contributed by atoms with Crippen molar-refractivity contribution < 1.29 is 17.9 Å². The number of benzene rings is 2. The van der Waals surface area contributed by atoms with Crippen LogP contribution in [0.2, 0.25) is 5.02 Å². The fourth-order valence-corrected chi connectivity index (χ4v) is 5.25. The Balaban J connectivity index is 1.61. The van der Waals surface area contributed by atoms with Crippen LogP contribution in [-0.2, 0) is 23.5 Å². The van der Waals surface area contributed by atoms with E-state index in [0.717, 1.165) is 10.9 Å². The molecule has 0 bridgehead atoms. The van der Waals surface area contributed by atoms with Crippen LogP contribution in [0, 0.1) is 12.7 Å². The molecule has 8 nitrogen and oxygen atoms in total. The first kappa shape index (κ1) is 22.4. The quantitative estimate of drug-likeness (QED) is 0.426. The summed E-state index contributed by atoms with van der Waals surface area (Å²) in [6.45, 7) is 1.19. The summed E-state index contributed by atoms with van der Waals surface area (Å²) in [5.41, 5.74) is 2.42. The number of halogens is 2. The molecule has 4 aromatic rings. The van der Waals surface area contributed by atoms with Crippen LogP contribution in [0.25, 0.3) is 16.6 Å². The number of sulfonamides is 1. The zero-order chi connectivity index (χ0) is 23.0. The van der Waals surface area contributed by atoms with Crippen molar-refractivity contribution in [3.8, 4) is 5.69 Å². The number of aromatic nitrogens is 4. The van der Waals surface area contributed by atoms with E-state index in [1.165, 1.54) is 23.0 Å². The molecule has 0 radical (unpaired) electrons. The van der Waals surface area contributed by atoms with E-state index in [0.29, 0.717) is 22.0 Å². The number of nitrogens with one attached hydrogen (secondary N) is 1. The lowest BCUT2D eigenvalue weighted by molar-refractivity contribution is 0.256. The van der Waals surface area contributed by atoms with Gasteiger partial charge in [-0.2, -0.15) is 10.2 Å². The smallest absolute Gasteiger partial charge is 0.244 e. The highest BCUT2D eigenvalue weighted by Crippen LogP contribution is 2.27. The molecule has 0 aliphatic carbocycles. The van der Waals surface area contributed by atoms with Gasteiger partial charge in [-0.1, -0.05) is 11.6 Å². The molecule has 168 valence electrons. The van der Waals surface area contributed by atoms with Crippen molar-refractivity contribution in [1.82, 2.24) is 24.3 Å². The maximum absolute atomic E-state index is 13.2. The molecule has 0 fully saturated rings. The van der Waals surface area contributed by atoms with Gasteiger partial charge in [0.2, 0.25) is 10.0 Å². The van der Waals surface area contributed by atoms with Gasteiger partial charge in [0.15, 0.2) is 0 Å². The molecule has 2 heterocycles. The zero-order valence-electron chi connectivity index (χ0n) is 17.3. The van der Waals surface area contributed by atoms with Crippen LogP contribution in [0.1, 0.15) is 11.3 Å². The minimum absolute atomic E-state index is 0.0561. The first-order chi connectivity index (χ1) is 15.2. The van der Waals surface area contributed by atoms with Crippen LogP contribution < -0.4 is 4.72 Å². The number of nitrogens with zero attached hydrogens (tertiary/aromatic N) is 4. The highest BCUT2D eigenvalue weighted by atomic mass is 35.5. The SMILES string of the molecule is Cc1nn(C)cc1S(=O)(=O)NC(CO)Cc1cc2cnn(-c3ccc(F)cc3)c2cc1Cl. The highest BCUT2D eigenvalue weighted by molar-refractivity contribution is 7.89. The predicted octanol–water partition coefficient (Wildman–Crippen LogP) is 2.74. The fourth-order valence-electron chi connectivity index (χ4n) is 3.57. The minimum Gasteiger partial charge on any atom is -0.395 e. The maximum Gasteiger partial charge on any atom is 0.244 e. The van der Waals surface area contributed by atoms with Gasteiger partial charge in [-0.25, -0.2) is 22.2 Å². The fraction of sp³-hybridized carbons (Fsp3) is 0.238. The number of hydrogen-bond donors (Lipinski definition) is 2. The van der Waals surface area contributed by atoms with Crippen LogP contribution in [0.3, 0.4) is 0 Å².